The number of amides is 2. The SMILES string of the molecule is O=C(CN1CCN(C(=O)c2cccc(C(F)(F)F)c2)CC1)Nc1ccc(OC(F)(F)F)cc1. The van der Waals surface area contributed by atoms with E-state index in [1.54, 1.807) is 4.90 Å². The van der Waals surface area contributed by atoms with Gasteiger partial charge in [0.15, 0.2) is 0 Å². The quantitative estimate of drug-likeness (QED) is 0.665. The fourth-order valence-electron chi connectivity index (χ4n) is 3.26. The van der Waals surface area contributed by atoms with Crippen LogP contribution in [0.5, 0.6) is 5.75 Å². The zero-order valence-corrected chi connectivity index (χ0v) is 17.0. The lowest BCUT2D eigenvalue weighted by Gasteiger charge is -2.34. The summed E-state index contributed by atoms with van der Waals surface area (Å²) in [5, 5.41) is 2.55. The van der Waals surface area contributed by atoms with Crippen LogP contribution in [0.4, 0.5) is 32.0 Å². The van der Waals surface area contributed by atoms with Gasteiger partial charge in [-0.05, 0) is 42.5 Å². The van der Waals surface area contributed by atoms with Gasteiger partial charge in [-0.2, -0.15) is 13.2 Å². The minimum absolute atomic E-state index is 0.0214. The molecule has 0 aromatic heterocycles. The minimum Gasteiger partial charge on any atom is -0.406 e. The average molecular weight is 475 g/mol. The van der Waals surface area contributed by atoms with E-state index in [1.165, 1.54) is 29.2 Å². The van der Waals surface area contributed by atoms with Crippen molar-refractivity contribution in [2.75, 3.05) is 38.0 Å². The first kappa shape index (κ1) is 24.4. The molecule has 178 valence electrons. The second kappa shape index (κ2) is 9.69. The Morgan fingerprint density at radius 2 is 1.55 bits per heavy atom. The Bertz CT molecular complexity index is 984. The highest BCUT2D eigenvalue weighted by molar-refractivity contribution is 5.94. The molecule has 33 heavy (non-hydrogen) atoms. The molecule has 2 aromatic carbocycles. The van der Waals surface area contributed by atoms with Crippen molar-refractivity contribution in [3.8, 4) is 5.75 Å². The van der Waals surface area contributed by atoms with E-state index in [9.17, 15) is 35.9 Å². The fraction of sp³-hybridized carbons (Fsp3) is 0.333. The van der Waals surface area contributed by atoms with Crippen LogP contribution in [0.25, 0.3) is 0 Å². The van der Waals surface area contributed by atoms with E-state index in [4.69, 9.17) is 0 Å². The summed E-state index contributed by atoms with van der Waals surface area (Å²) >= 11 is 0. The van der Waals surface area contributed by atoms with Crippen LogP contribution in [0.1, 0.15) is 15.9 Å². The van der Waals surface area contributed by atoms with E-state index < -0.39 is 35.7 Å². The molecule has 1 aliphatic heterocycles. The number of rotatable bonds is 5. The number of carbonyl (C=O) groups excluding carboxylic acids is 2. The lowest BCUT2D eigenvalue weighted by Crippen LogP contribution is -2.50. The van der Waals surface area contributed by atoms with Gasteiger partial charge in [-0.15, -0.1) is 13.2 Å². The predicted molar refractivity (Wildman–Crippen MR) is 106 cm³/mol. The van der Waals surface area contributed by atoms with Crippen LogP contribution >= 0.6 is 0 Å². The van der Waals surface area contributed by atoms with E-state index in [-0.39, 0.29) is 30.9 Å². The third-order valence-corrected chi connectivity index (χ3v) is 4.84. The molecule has 0 aliphatic carbocycles. The Morgan fingerprint density at radius 1 is 0.909 bits per heavy atom. The van der Waals surface area contributed by atoms with Crippen molar-refractivity contribution >= 4 is 17.5 Å². The van der Waals surface area contributed by atoms with Gasteiger partial charge in [0.2, 0.25) is 5.91 Å². The van der Waals surface area contributed by atoms with Gasteiger partial charge in [-0.3, -0.25) is 14.5 Å². The van der Waals surface area contributed by atoms with Crippen molar-refractivity contribution < 1.29 is 40.7 Å². The van der Waals surface area contributed by atoms with Gasteiger partial charge in [0.05, 0.1) is 12.1 Å². The molecule has 0 unspecified atom stereocenters. The normalized spacial score (nSPS) is 15.3. The van der Waals surface area contributed by atoms with Crippen molar-refractivity contribution in [2.45, 2.75) is 12.5 Å². The number of halogens is 6. The van der Waals surface area contributed by atoms with Crippen LogP contribution < -0.4 is 10.1 Å². The minimum atomic E-state index is -4.81. The molecule has 0 atom stereocenters. The highest BCUT2D eigenvalue weighted by atomic mass is 19.4. The summed E-state index contributed by atoms with van der Waals surface area (Å²) in [6.07, 6.45) is -9.36. The molecule has 1 aliphatic rings. The molecule has 6 nitrogen and oxygen atoms in total. The van der Waals surface area contributed by atoms with E-state index in [0.29, 0.717) is 13.1 Å². The largest absolute Gasteiger partial charge is 0.573 e. The maximum atomic E-state index is 12.9. The molecule has 12 heteroatoms. The molecule has 0 bridgehead atoms. The standard InChI is InChI=1S/C21H19F6N3O3/c22-20(23,24)15-3-1-2-14(12-15)19(32)30-10-8-29(9-11-30)13-18(31)28-16-4-6-17(7-5-16)33-21(25,26)27/h1-7,12H,8-11,13H2,(H,28,31). The maximum absolute atomic E-state index is 12.9. The third kappa shape index (κ3) is 7.11. The van der Waals surface area contributed by atoms with Crippen molar-refractivity contribution in [3.05, 3.63) is 59.7 Å². The molecule has 3 rings (SSSR count). The zero-order chi connectivity index (χ0) is 24.2. The Balaban J connectivity index is 1.48. The van der Waals surface area contributed by atoms with E-state index >= 15 is 0 Å². The summed E-state index contributed by atoms with van der Waals surface area (Å²) in [5.41, 5.74) is -0.677. The van der Waals surface area contributed by atoms with Gasteiger partial charge < -0.3 is 15.0 Å². The molecule has 1 N–H and O–H groups in total. The third-order valence-electron chi connectivity index (χ3n) is 4.84. The smallest absolute Gasteiger partial charge is 0.406 e. The number of piperazine rings is 1. The van der Waals surface area contributed by atoms with Gasteiger partial charge in [-0.25, -0.2) is 0 Å². The second-order valence-electron chi connectivity index (χ2n) is 7.27. The molecule has 1 saturated heterocycles. The number of ether oxygens (including phenoxy) is 1. The number of hydrogen-bond donors (Lipinski definition) is 1. The van der Waals surface area contributed by atoms with Crippen molar-refractivity contribution in [1.29, 1.82) is 0 Å². The van der Waals surface area contributed by atoms with Gasteiger partial charge >= 0.3 is 12.5 Å². The summed E-state index contributed by atoms with van der Waals surface area (Å²) in [6, 6.07) is 8.88. The molecule has 1 heterocycles. The Kier molecular flexibility index (Phi) is 7.15. The van der Waals surface area contributed by atoms with Gasteiger partial charge in [-0.1, -0.05) is 6.07 Å². The van der Waals surface area contributed by atoms with Gasteiger partial charge in [0.25, 0.3) is 5.91 Å². The molecule has 1 fully saturated rings. The van der Waals surface area contributed by atoms with E-state index in [2.05, 4.69) is 10.1 Å². The van der Waals surface area contributed by atoms with Gasteiger partial charge in [0.1, 0.15) is 5.75 Å². The number of nitrogens with one attached hydrogen (secondary N) is 1. The monoisotopic (exact) mass is 475 g/mol. The Morgan fingerprint density at radius 3 is 2.12 bits per heavy atom. The first-order valence-electron chi connectivity index (χ1n) is 9.75. The van der Waals surface area contributed by atoms with Crippen LogP contribution in [0.2, 0.25) is 0 Å². The molecule has 2 amide bonds. The van der Waals surface area contributed by atoms with Crippen LogP contribution in [0, 0.1) is 0 Å². The molecular weight excluding hydrogens is 456 g/mol. The predicted octanol–water partition coefficient (Wildman–Crippen LogP) is 4.00. The van der Waals surface area contributed by atoms with E-state index in [0.717, 1.165) is 24.3 Å². The second-order valence-corrected chi connectivity index (χ2v) is 7.27. The van der Waals surface area contributed by atoms with Crippen molar-refractivity contribution in [3.63, 3.8) is 0 Å². The number of nitrogens with zero attached hydrogens (tertiary/aromatic N) is 2. The highest BCUT2D eigenvalue weighted by Crippen LogP contribution is 2.30. The lowest BCUT2D eigenvalue weighted by molar-refractivity contribution is -0.274. The summed E-state index contributed by atoms with van der Waals surface area (Å²) in [6.45, 7) is 1.09. The van der Waals surface area contributed by atoms with Crippen LogP contribution in [-0.2, 0) is 11.0 Å². The van der Waals surface area contributed by atoms with Crippen LogP contribution in [0.3, 0.4) is 0 Å². The van der Waals surface area contributed by atoms with E-state index in [1.807, 2.05) is 0 Å². The Hall–Kier alpha value is -3.28. The summed E-state index contributed by atoms with van der Waals surface area (Å²) < 4.78 is 78.9. The number of anilines is 1. The topological polar surface area (TPSA) is 61.9 Å². The number of hydrogen-bond acceptors (Lipinski definition) is 4. The zero-order valence-electron chi connectivity index (χ0n) is 17.0. The molecule has 0 radical (unpaired) electrons. The lowest BCUT2D eigenvalue weighted by atomic mass is 10.1. The fourth-order valence-corrected chi connectivity index (χ4v) is 3.26. The van der Waals surface area contributed by atoms with Crippen LogP contribution in [0.15, 0.2) is 48.5 Å². The first-order chi connectivity index (χ1) is 15.4. The number of alkyl halides is 6. The Labute approximate surface area is 184 Å². The highest BCUT2D eigenvalue weighted by Gasteiger charge is 2.32. The maximum Gasteiger partial charge on any atom is 0.573 e. The number of carbonyl (C=O) groups is 2. The molecule has 0 spiro atoms. The van der Waals surface area contributed by atoms with Crippen LogP contribution in [-0.4, -0.2) is 60.7 Å². The van der Waals surface area contributed by atoms with Crippen molar-refractivity contribution in [2.24, 2.45) is 0 Å². The van der Waals surface area contributed by atoms with Gasteiger partial charge in [0, 0.05) is 37.4 Å². The summed E-state index contributed by atoms with van der Waals surface area (Å²) in [4.78, 5) is 27.9. The summed E-state index contributed by atoms with van der Waals surface area (Å²) in [5.74, 6) is -1.34. The average Bonchev–Trinajstić information content (AvgIpc) is 2.73. The molecule has 0 saturated carbocycles. The molecule has 2 aromatic rings. The summed E-state index contributed by atoms with van der Waals surface area (Å²) in [7, 11) is 0. The number of benzene rings is 2. The van der Waals surface area contributed by atoms with Crippen molar-refractivity contribution in [1.82, 2.24) is 9.80 Å². The molecular formula is C21H19F6N3O3. The first-order valence-corrected chi connectivity index (χ1v) is 9.75.